The lowest BCUT2D eigenvalue weighted by Crippen LogP contribution is -2.47. The van der Waals surface area contributed by atoms with Gasteiger partial charge in [0.05, 0.1) is 10.9 Å². The van der Waals surface area contributed by atoms with Crippen molar-refractivity contribution in [3.05, 3.63) is 35.9 Å². The molecular weight excluding hydrogens is 270 g/mol. The molecule has 1 aromatic carbocycles. The largest absolute Gasteiger partial charge is 0.438 e. The molecule has 108 valence electrons. The maximum absolute atomic E-state index is 12.7. The molecule has 0 spiro atoms. The van der Waals surface area contributed by atoms with Crippen LogP contribution in [0.4, 0.5) is 4.79 Å². The molecule has 0 radical (unpaired) electrons. The number of hydrogen-bond donors (Lipinski definition) is 0. The number of nitrogens with zero attached hydrogens (tertiary/aromatic N) is 1. The molecule has 1 aliphatic rings. The summed E-state index contributed by atoms with van der Waals surface area (Å²) in [7, 11) is -0.420. The zero-order valence-electron chi connectivity index (χ0n) is 12.2. The standard InChI is InChI=1S/C16H22NO2S/c1-20(2)16(19)17(14-11-7-4-8-12-14)15(18)13-9-5-3-6-10-13/h3,5-6,9-10,14H,4,7-8,11-12H2,1-2H3/q+1. The minimum atomic E-state index is -0.420. The summed E-state index contributed by atoms with van der Waals surface area (Å²) in [5.41, 5.74) is 0.608. The summed E-state index contributed by atoms with van der Waals surface area (Å²) in [4.78, 5) is 26.7. The van der Waals surface area contributed by atoms with E-state index in [-0.39, 0.29) is 17.2 Å². The van der Waals surface area contributed by atoms with E-state index >= 15 is 0 Å². The summed E-state index contributed by atoms with van der Waals surface area (Å²) in [6.45, 7) is 0. The maximum atomic E-state index is 12.7. The number of hydrogen-bond acceptors (Lipinski definition) is 2. The second kappa shape index (κ2) is 6.93. The quantitative estimate of drug-likeness (QED) is 0.783. The highest BCUT2D eigenvalue weighted by atomic mass is 32.2. The highest BCUT2D eigenvalue weighted by Gasteiger charge is 2.37. The summed E-state index contributed by atoms with van der Waals surface area (Å²) in [6, 6.07) is 9.22. The van der Waals surface area contributed by atoms with Crippen LogP contribution in [0.3, 0.4) is 0 Å². The Morgan fingerprint density at radius 2 is 1.65 bits per heavy atom. The second-order valence-electron chi connectivity index (χ2n) is 5.42. The van der Waals surface area contributed by atoms with Crippen molar-refractivity contribution < 1.29 is 9.59 Å². The zero-order chi connectivity index (χ0) is 14.5. The lowest BCUT2D eigenvalue weighted by Gasteiger charge is -2.30. The van der Waals surface area contributed by atoms with Gasteiger partial charge in [-0.1, -0.05) is 37.5 Å². The van der Waals surface area contributed by atoms with Gasteiger partial charge in [0.2, 0.25) is 0 Å². The van der Waals surface area contributed by atoms with Crippen LogP contribution in [-0.2, 0) is 10.9 Å². The molecule has 0 bridgehead atoms. The molecule has 1 fully saturated rings. The van der Waals surface area contributed by atoms with Gasteiger partial charge >= 0.3 is 5.24 Å². The fourth-order valence-corrected chi connectivity index (χ4v) is 3.28. The van der Waals surface area contributed by atoms with E-state index in [2.05, 4.69) is 0 Å². The Bertz CT molecular complexity index is 467. The molecule has 0 N–H and O–H groups in total. The molecule has 2 amide bonds. The van der Waals surface area contributed by atoms with Gasteiger partial charge in [-0.25, -0.2) is 9.69 Å². The fourth-order valence-electron chi connectivity index (χ4n) is 2.65. The Morgan fingerprint density at radius 3 is 2.20 bits per heavy atom. The van der Waals surface area contributed by atoms with Crippen LogP contribution < -0.4 is 0 Å². The van der Waals surface area contributed by atoms with Crippen molar-refractivity contribution in [2.45, 2.75) is 38.1 Å². The normalized spacial score (nSPS) is 16.1. The smallest absolute Gasteiger partial charge is 0.268 e. The monoisotopic (exact) mass is 292 g/mol. The topological polar surface area (TPSA) is 37.4 Å². The predicted octanol–water partition coefficient (Wildman–Crippen LogP) is 3.46. The van der Waals surface area contributed by atoms with Crippen LogP contribution in [-0.4, -0.2) is 34.6 Å². The van der Waals surface area contributed by atoms with E-state index in [0.717, 1.165) is 25.7 Å². The fraction of sp³-hybridized carbons (Fsp3) is 0.500. The third-order valence-electron chi connectivity index (χ3n) is 3.73. The molecular formula is C16H22NO2S+. The molecule has 1 aliphatic carbocycles. The Morgan fingerprint density at radius 1 is 1.05 bits per heavy atom. The van der Waals surface area contributed by atoms with E-state index in [4.69, 9.17) is 0 Å². The van der Waals surface area contributed by atoms with Crippen LogP contribution in [0.25, 0.3) is 0 Å². The molecule has 0 atom stereocenters. The summed E-state index contributed by atoms with van der Waals surface area (Å²) in [5.74, 6) is -0.135. The van der Waals surface area contributed by atoms with Crippen molar-refractivity contribution >= 4 is 22.0 Å². The van der Waals surface area contributed by atoms with Crippen molar-refractivity contribution in [2.75, 3.05) is 12.5 Å². The SMILES string of the molecule is C[S+](C)C(=O)N(C(=O)c1ccccc1)C1CCCCC1. The predicted molar refractivity (Wildman–Crippen MR) is 84.1 cm³/mol. The maximum Gasteiger partial charge on any atom is 0.438 e. The number of carbonyl (C=O) groups is 2. The first-order valence-electron chi connectivity index (χ1n) is 7.11. The minimum absolute atomic E-state index is 0.0225. The number of rotatable bonds is 2. The van der Waals surface area contributed by atoms with Gasteiger partial charge in [-0.2, -0.15) is 0 Å². The first-order chi connectivity index (χ1) is 9.61. The average Bonchev–Trinajstić information content (AvgIpc) is 2.49. The van der Waals surface area contributed by atoms with E-state index in [0.29, 0.717) is 5.56 Å². The van der Waals surface area contributed by atoms with Crippen LogP contribution in [0, 0.1) is 0 Å². The van der Waals surface area contributed by atoms with Crippen molar-refractivity contribution in [3.63, 3.8) is 0 Å². The second-order valence-corrected chi connectivity index (χ2v) is 7.40. The van der Waals surface area contributed by atoms with Gasteiger partial charge < -0.3 is 0 Å². The first kappa shape index (κ1) is 15.1. The van der Waals surface area contributed by atoms with E-state index in [1.165, 1.54) is 11.3 Å². The number of imide groups is 1. The molecule has 1 saturated carbocycles. The minimum Gasteiger partial charge on any atom is -0.268 e. The van der Waals surface area contributed by atoms with Crippen molar-refractivity contribution in [2.24, 2.45) is 0 Å². The molecule has 2 rings (SSSR count). The molecule has 1 aromatic rings. The molecule has 20 heavy (non-hydrogen) atoms. The van der Waals surface area contributed by atoms with Crippen LogP contribution in [0.1, 0.15) is 42.5 Å². The van der Waals surface area contributed by atoms with E-state index in [1.54, 1.807) is 12.1 Å². The number of benzene rings is 1. The van der Waals surface area contributed by atoms with Crippen molar-refractivity contribution in [1.29, 1.82) is 0 Å². The van der Waals surface area contributed by atoms with Crippen molar-refractivity contribution in [3.8, 4) is 0 Å². The number of amides is 2. The van der Waals surface area contributed by atoms with Gasteiger partial charge in [-0.15, -0.1) is 0 Å². The molecule has 0 saturated heterocycles. The lowest BCUT2D eigenvalue weighted by atomic mass is 9.94. The van der Waals surface area contributed by atoms with Gasteiger partial charge in [0.15, 0.2) is 0 Å². The Kier molecular flexibility index (Phi) is 5.24. The third kappa shape index (κ3) is 3.42. The lowest BCUT2D eigenvalue weighted by molar-refractivity contribution is 0.0736. The van der Waals surface area contributed by atoms with E-state index in [1.807, 2.05) is 30.7 Å². The van der Waals surface area contributed by atoms with Crippen LogP contribution in [0.5, 0.6) is 0 Å². The first-order valence-corrected chi connectivity index (χ1v) is 9.15. The van der Waals surface area contributed by atoms with E-state index < -0.39 is 10.9 Å². The molecule has 0 heterocycles. The molecule has 0 aliphatic heterocycles. The Labute approximate surface area is 123 Å². The molecule has 0 unspecified atom stereocenters. The summed E-state index contributed by atoms with van der Waals surface area (Å²) in [5, 5.41) is -0.0225. The van der Waals surface area contributed by atoms with Crippen LogP contribution in [0.2, 0.25) is 0 Å². The van der Waals surface area contributed by atoms with Crippen molar-refractivity contribution in [1.82, 2.24) is 4.90 Å². The average molecular weight is 292 g/mol. The molecule has 0 aromatic heterocycles. The Balaban J connectivity index is 2.26. The highest BCUT2D eigenvalue weighted by molar-refractivity contribution is 8.09. The van der Waals surface area contributed by atoms with Gasteiger partial charge in [0, 0.05) is 11.6 Å². The summed E-state index contributed by atoms with van der Waals surface area (Å²) >= 11 is 0. The van der Waals surface area contributed by atoms with Crippen LogP contribution in [0.15, 0.2) is 30.3 Å². The summed E-state index contributed by atoms with van der Waals surface area (Å²) < 4.78 is 0. The molecule has 3 nitrogen and oxygen atoms in total. The van der Waals surface area contributed by atoms with Crippen LogP contribution >= 0.6 is 0 Å². The highest BCUT2D eigenvalue weighted by Crippen LogP contribution is 2.25. The van der Waals surface area contributed by atoms with E-state index in [9.17, 15) is 9.59 Å². The Hall–Kier alpha value is -1.29. The zero-order valence-corrected chi connectivity index (χ0v) is 13.0. The third-order valence-corrected chi connectivity index (χ3v) is 4.62. The summed E-state index contributed by atoms with van der Waals surface area (Å²) in [6.07, 6.45) is 9.09. The van der Waals surface area contributed by atoms with Gasteiger partial charge in [-0.05, 0) is 25.0 Å². The number of carbonyl (C=O) groups excluding carboxylic acids is 2. The molecule has 4 heteroatoms. The van der Waals surface area contributed by atoms with Gasteiger partial charge in [-0.3, -0.25) is 4.79 Å². The van der Waals surface area contributed by atoms with Gasteiger partial charge in [0.1, 0.15) is 12.5 Å². The van der Waals surface area contributed by atoms with Gasteiger partial charge in [0.25, 0.3) is 5.91 Å².